The fraction of sp³-hybridized carbons (Fsp3) is 0.250. The van der Waals surface area contributed by atoms with Crippen molar-refractivity contribution < 1.29 is 9.53 Å². The molecule has 6 heteroatoms. The van der Waals surface area contributed by atoms with E-state index in [0.29, 0.717) is 12.3 Å². The van der Waals surface area contributed by atoms with E-state index in [1.54, 1.807) is 18.0 Å². The van der Waals surface area contributed by atoms with Gasteiger partial charge < -0.3 is 9.30 Å². The van der Waals surface area contributed by atoms with Crippen molar-refractivity contribution in [1.82, 2.24) is 14.2 Å². The smallest absolute Gasteiger partial charge is 0.354 e. The molecule has 114 valence electrons. The molecule has 3 heterocycles. The quantitative estimate of drug-likeness (QED) is 0.693. The van der Waals surface area contributed by atoms with Crippen molar-refractivity contribution in [2.45, 2.75) is 23.6 Å². The molecule has 0 atom stereocenters. The highest BCUT2D eigenvalue weighted by Gasteiger charge is 2.17. The summed E-state index contributed by atoms with van der Waals surface area (Å²) < 4.78 is 8.79. The van der Waals surface area contributed by atoms with Crippen LogP contribution in [0.3, 0.4) is 0 Å². The Hall–Kier alpha value is -2.21. The van der Waals surface area contributed by atoms with Gasteiger partial charge in [-0.3, -0.25) is 0 Å². The summed E-state index contributed by atoms with van der Waals surface area (Å²) >= 11 is 1.63. The zero-order valence-electron chi connectivity index (χ0n) is 12.7. The van der Waals surface area contributed by atoms with Crippen LogP contribution in [0.4, 0.5) is 0 Å². The number of ether oxygens (including phenoxy) is 1. The Balaban J connectivity index is 1.91. The predicted octanol–water partition coefficient (Wildman–Crippen LogP) is 3.31. The molecule has 0 saturated heterocycles. The maximum atomic E-state index is 12.0. The van der Waals surface area contributed by atoms with Crippen molar-refractivity contribution in [3.8, 4) is 0 Å². The zero-order valence-corrected chi connectivity index (χ0v) is 13.6. The monoisotopic (exact) mass is 315 g/mol. The molecule has 0 bridgehead atoms. The van der Waals surface area contributed by atoms with Gasteiger partial charge in [0.25, 0.3) is 0 Å². The van der Waals surface area contributed by atoms with Gasteiger partial charge in [0.05, 0.1) is 12.1 Å². The van der Waals surface area contributed by atoms with Gasteiger partial charge in [-0.05, 0) is 38.1 Å². The van der Waals surface area contributed by atoms with Crippen molar-refractivity contribution in [2.24, 2.45) is 7.05 Å². The van der Waals surface area contributed by atoms with Gasteiger partial charge in [-0.25, -0.2) is 9.31 Å². The first-order valence-electron chi connectivity index (χ1n) is 7.05. The van der Waals surface area contributed by atoms with Gasteiger partial charge in [0.15, 0.2) is 0 Å². The predicted molar refractivity (Wildman–Crippen MR) is 85.4 cm³/mol. The third-order valence-corrected chi connectivity index (χ3v) is 4.70. The lowest BCUT2D eigenvalue weighted by Gasteiger charge is -2.04. The Morgan fingerprint density at radius 2 is 2.18 bits per heavy atom. The molecule has 3 aromatic heterocycles. The summed E-state index contributed by atoms with van der Waals surface area (Å²) in [6.45, 7) is 4.19. The molecule has 3 rings (SSSR count). The minimum absolute atomic E-state index is 0.286. The number of fused-ring (bicyclic) bond motifs is 1. The molecule has 0 unspecified atom stereocenters. The van der Waals surface area contributed by atoms with E-state index in [2.05, 4.69) is 11.2 Å². The van der Waals surface area contributed by atoms with Crippen LogP contribution in [-0.4, -0.2) is 26.8 Å². The molecule has 0 radical (unpaired) electrons. The molecule has 0 aromatic carbocycles. The number of pyridine rings is 1. The van der Waals surface area contributed by atoms with Crippen molar-refractivity contribution in [3.05, 3.63) is 48.0 Å². The largest absolute Gasteiger partial charge is 0.461 e. The summed E-state index contributed by atoms with van der Waals surface area (Å²) in [4.78, 5) is 14.1. The molecule has 22 heavy (non-hydrogen) atoms. The lowest BCUT2D eigenvalue weighted by atomic mass is 10.4. The third kappa shape index (κ3) is 2.62. The normalized spacial score (nSPS) is 11.0. The molecule has 0 N–H and O–H groups in total. The molecular weight excluding hydrogens is 298 g/mol. The van der Waals surface area contributed by atoms with E-state index in [1.165, 1.54) is 0 Å². The summed E-state index contributed by atoms with van der Waals surface area (Å²) in [6.07, 6.45) is 3.71. The van der Waals surface area contributed by atoms with Crippen LogP contribution in [0.1, 0.15) is 23.1 Å². The Kier molecular flexibility index (Phi) is 3.94. The minimum Gasteiger partial charge on any atom is -0.461 e. The van der Waals surface area contributed by atoms with Crippen molar-refractivity contribution in [1.29, 1.82) is 0 Å². The second-order valence-corrected chi connectivity index (χ2v) is 6.04. The van der Waals surface area contributed by atoms with E-state index in [1.807, 2.05) is 54.4 Å². The Morgan fingerprint density at radius 3 is 2.95 bits per heavy atom. The van der Waals surface area contributed by atoms with E-state index < -0.39 is 0 Å². The third-order valence-electron chi connectivity index (χ3n) is 3.57. The maximum absolute atomic E-state index is 12.0. The van der Waals surface area contributed by atoms with Crippen LogP contribution in [-0.2, 0) is 11.8 Å². The number of nitrogens with zero attached hydrogens (tertiary/aromatic N) is 3. The average molecular weight is 315 g/mol. The summed E-state index contributed by atoms with van der Waals surface area (Å²) in [5.41, 5.74) is 2.66. The topological polar surface area (TPSA) is 48.5 Å². The van der Waals surface area contributed by atoms with Crippen LogP contribution in [0, 0.1) is 6.92 Å². The fourth-order valence-corrected chi connectivity index (χ4v) is 3.29. The highest BCUT2D eigenvalue weighted by molar-refractivity contribution is 7.99. The highest BCUT2D eigenvalue weighted by atomic mass is 32.2. The number of esters is 1. The first-order valence-corrected chi connectivity index (χ1v) is 7.86. The molecule has 5 nitrogen and oxygen atoms in total. The summed E-state index contributed by atoms with van der Waals surface area (Å²) in [5.74, 6) is -0.286. The number of hydrogen-bond acceptors (Lipinski definition) is 4. The van der Waals surface area contributed by atoms with Crippen molar-refractivity contribution in [3.63, 3.8) is 0 Å². The average Bonchev–Trinajstić information content (AvgIpc) is 3.07. The molecule has 0 fully saturated rings. The maximum Gasteiger partial charge on any atom is 0.354 e. The molecule has 3 aromatic rings. The van der Waals surface area contributed by atoms with Crippen LogP contribution < -0.4 is 0 Å². The second kappa shape index (κ2) is 5.88. The molecule has 0 aliphatic rings. The van der Waals surface area contributed by atoms with Crippen molar-refractivity contribution in [2.75, 3.05) is 6.61 Å². The van der Waals surface area contributed by atoms with E-state index in [0.717, 1.165) is 21.0 Å². The molecule has 0 aliphatic heterocycles. The summed E-state index contributed by atoms with van der Waals surface area (Å²) in [5, 5.41) is 4.19. The highest BCUT2D eigenvalue weighted by Crippen LogP contribution is 2.32. The SMILES string of the molecule is CCOC(=O)c1cc(Sc2ccn3nccc3c2)c(C)n1C. The molecule has 0 saturated carbocycles. The van der Waals surface area contributed by atoms with Crippen LogP contribution in [0.15, 0.2) is 46.5 Å². The van der Waals surface area contributed by atoms with Crippen LogP contribution in [0.5, 0.6) is 0 Å². The minimum atomic E-state index is -0.286. The zero-order chi connectivity index (χ0) is 15.7. The standard InChI is InChI=1S/C16H17N3O2S/c1-4-21-16(20)14-10-15(11(2)18(14)3)22-13-6-8-19-12(9-13)5-7-17-19/h5-10H,4H2,1-3H3. The molecule has 0 amide bonds. The van der Waals surface area contributed by atoms with Gasteiger partial charge in [0.1, 0.15) is 5.69 Å². The Bertz CT molecular complexity index is 835. The van der Waals surface area contributed by atoms with Gasteiger partial charge in [0.2, 0.25) is 0 Å². The summed E-state index contributed by atoms with van der Waals surface area (Å²) in [7, 11) is 1.88. The Labute approximate surface area is 132 Å². The lowest BCUT2D eigenvalue weighted by Crippen LogP contribution is -2.10. The number of rotatable bonds is 4. The number of carbonyl (C=O) groups excluding carboxylic acids is 1. The van der Waals surface area contributed by atoms with Crippen LogP contribution in [0.25, 0.3) is 5.52 Å². The van der Waals surface area contributed by atoms with Gasteiger partial charge >= 0.3 is 5.97 Å². The Morgan fingerprint density at radius 1 is 1.36 bits per heavy atom. The molecule has 0 spiro atoms. The first kappa shape index (κ1) is 14.7. The van der Waals surface area contributed by atoms with Gasteiger partial charge in [-0.1, -0.05) is 11.8 Å². The molecular formula is C16H17N3O2S. The summed E-state index contributed by atoms with van der Waals surface area (Å²) in [6, 6.07) is 7.94. The van der Waals surface area contributed by atoms with Crippen LogP contribution >= 0.6 is 11.8 Å². The van der Waals surface area contributed by atoms with E-state index in [4.69, 9.17) is 4.74 Å². The van der Waals surface area contributed by atoms with Crippen LogP contribution in [0.2, 0.25) is 0 Å². The lowest BCUT2D eigenvalue weighted by molar-refractivity contribution is 0.0515. The number of carbonyl (C=O) groups is 1. The van der Waals surface area contributed by atoms with Gasteiger partial charge in [-0.2, -0.15) is 5.10 Å². The first-order chi connectivity index (χ1) is 10.6. The van der Waals surface area contributed by atoms with Crippen molar-refractivity contribution >= 4 is 23.2 Å². The molecule has 0 aliphatic carbocycles. The van der Waals surface area contributed by atoms with Gasteiger partial charge in [0, 0.05) is 34.9 Å². The van der Waals surface area contributed by atoms with E-state index in [-0.39, 0.29) is 5.97 Å². The second-order valence-electron chi connectivity index (χ2n) is 4.92. The fourth-order valence-electron chi connectivity index (χ4n) is 2.27. The van der Waals surface area contributed by atoms with Gasteiger partial charge in [-0.15, -0.1) is 0 Å². The number of aromatic nitrogens is 3. The van der Waals surface area contributed by atoms with E-state index in [9.17, 15) is 4.79 Å². The van der Waals surface area contributed by atoms with E-state index >= 15 is 0 Å². The number of hydrogen-bond donors (Lipinski definition) is 0.